The molecule has 3 N–H and O–H groups in total. The zero-order valence-corrected chi connectivity index (χ0v) is 13.6. The second kappa shape index (κ2) is 6.10. The summed E-state index contributed by atoms with van der Waals surface area (Å²) in [4.78, 5) is 24.6. The Labute approximate surface area is 141 Å². The SMILES string of the molecule is CC(=CCOc1cc(=O)c2c(O)oc(O)c3c(=O)cc(C)c1c32)CO. The fourth-order valence-electron chi connectivity index (χ4n) is 2.81. The fourth-order valence-corrected chi connectivity index (χ4v) is 2.81. The molecule has 0 saturated heterocycles. The van der Waals surface area contributed by atoms with Crippen LogP contribution in [0.2, 0.25) is 0 Å². The lowest BCUT2D eigenvalue weighted by Crippen LogP contribution is -2.10. The Balaban J connectivity index is 2.37. The molecular weight excluding hydrogens is 328 g/mol. The Kier molecular flexibility index (Phi) is 4.10. The molecule has 0 saturated carbocycles. The first-order valence-electron chi connectivity index (χ1n) is 7.53. The van der Waals surface area contributed by atoms with E-state index in [1.807, 2.05) is 0 Å². The van der Waals surface area contributed by atoms with E-state index in [-0.39, 0.29) is 35.1 Å². The number of aliphatic hydroxyl groups excluding tert-OH is 1. The van der Waals surface area contributed by atoms with Gasteiger partial charge in [-0.2, -0.15) is 0 Å². The van der Waals surface area contributed by atoms with E-state index in [0.717, 1.165) is 0 Å². The van der Waals surface area contributed by atoms with E-state index in [4.69, 9.17) is 14.3 Å². The summed E-state index contributed by atoms with van der Waals surface area (Å²) < 4.78 is 10.4. The summed E-state index contributed by atoms with van der Waals surface area (Å²) in [7, 11) is 0. The molecule has 1 aromatic heterocycles. The van der Waals surface area contributed by atoms with Crippen molar-refractivity contribution in [2.24, 2.45) is 0 Å². The molecule has 130 valence electrons. The van der Waals surface area contributed by atoms with Gasteiger partial charge in [0.2, 0.25) is 0 Å². The summed E-state index contributed by atoms with van der Waals surface area (Å²) in [6.07, 6.45) is 1.66. The molecule has 0 aliphatic heterocycles. The van der Waals surface area contributed by atoms with E-state index in [1.165, 1.54) is 12.1 Å². The van der Waals surface area contributed by atoms with Gasteiger partial charge in [0.05, 0.1) is 6.61 Å². The molecule has 0 fully saturated rings. The molecule has 0 bridgehead atoms. The molecule has 2 aromatic carbocycles. The lowest BCUT2D eigenvalue weighted by Gasteiger charge is -2.13. The maximum atomic E-state index is 12.4. The summed E-state index contributed by atoms with van der Waals surface area (Å²) in [6.45, 7) is 3.39. The number of hydrogen-bond donors (Lipinski definition) is 3. The minimum atomic E-state index is -0.757. The van der Waals surface area contributed by atoms with Gasteiger partial charge >= 0.3 is 0 Å². The molecule has 3 aromatic rings. The van der Waals surface area contributed by atoms with Crippen LogP contribution in [0.25, 0.3) is 21.5 Å². The third kappa shape index (κ3) is 2.68. The second-order valence-corrected chi connectivity index (χ2v) is 5.80. The van der Waals surface area contributed by atoms with Crippen LogP contribution in [0.4, 0.5) is 0 Å². The van der Waals surface area contributed by atoms with Crippen molar-refractivity contribution in [3.63, 3.8) is 0 Å². The zero-order valence-electron chi connectivity index (χ0n) is 13.6. The molecule has 0 unspecified atom stereocenters. The van der Waals surface area contributed by atoms with Gasteiger partial charge in [-0.25, -0.2) is 0 Å². The Morgan fingerprint density at radius 1 is 1.08 bits per heavy atom. The minimum absolute atomic E-state index is 0.107. The van der Waals surface area contributed by atoms with E-state index < -0.39 is 22.8 Å². The number of benzene rings is 2. The maximum Gasteiger partial charge on any atom is 0.296 e. The highest BCUT2D eigenvalue weighted by molar-refractivity contribution is 6.15. The van der Waals surface area contributed by atoms with Gasteiger partial charge in [-0.3, -0.25) is 9.59 Å². The second-order valence-electron chi connectivity index (χ2n) is 5.80. The number of aromatic hydroxyl groups is 2. The average molecular weight is 344 g/mol. The van der Waals surface area contributed by atoms with Gasteiger partial charge in [-0.15, -0.1) is 0 Å². The van der Waals surface area contributed by atoms with Crippen molar-refractivity contribution in [3.8, 4) is 17.6 Å². The molecule has 7 heteroatoms. The molecule has 0 aliphatic rings. The van der Waals surface area contributed by atoms with Crippen molar-refractivity contribution in [2.45, 2.75) is 13.8 Å². The molecule has 3 rings (SSSR count). The Morgan fingerprint density at radius 3 is 2.28 bits per heavy atom. The van der Waals surface area contributed by atoms with Crippen LogP contribution in [0.3, 0.4) is 0 Å². The Bertz CT molecular complexity index is 1090. The van der Waals surface area contributed by atoms with Crippen molar-refractivity contribution in [2.75, 3.05) is 13.2 Å². The summed E-state index contributed by atoms with van der Waals surface area (Å²) in [5, 5.41) is 29.0. The molecule has 0 radical (unpaired) electrons. The maximum absolute atomic E-state index is 12.4. The van der Waals surface area contributed by atoms with Crippen LogP contribution in [0.5, 0.6) is 17.6 Å². The average Bonchev–Trinajstić information content (AvgIpc) is 2.53. The van der Waals surface area contributed by atoms with Crippen LogP contribution in [0.1, 0.15) is 12.5 Å². The number of hydrogen-bond acceptors (Lipinski definition) is 7. The lowest BCUT2D eigenvalue weighted by atomic mass is 9.97. The first kappa shape index (κ1) is 16.8. The Morgan fingerprint density at radius 2 is 1.68 bits per heavy atom. The molecule has 25 heavy (non-hydrogen) atoms. The van der Waals surface area contributed by atoms with Crippen molar-refractivity contribution >= 4 is 21.5 Å². The standard InChI is InChI=1S/C18H16O7/c1-8(7-19)3-4-24-12-6-11(21)15-16-13(12)9(2)5-10(20)14(16)17(22)25-18(15)23/h3,5-6,19,22-23H,4,7H2,1-2H3. The van der Waals surface area contributed by atoms with E-state index in [2.05, 4.69) is 0 Å². The first-order chi connectivity index (χ1) is 11.8. The van der Waals surface area contributed by atoms with Gasteiger partial charge in [0.15, 0.2) is 10.9 Å². The fraction of sp³-hybridized carbons (Fsp3) is 0.222. The molecule has 0 atom stereocenters. The van der Waals surface area contributed by atoms with E-state index in [9.17, 15) is 19.8 Å². The van der Waals surface area contributed by atoms with Gasteiger partial charge in [-0.1, -0.05) is 0 Å². The molecule has 0 aliphatic carbocycles. The quantitative estimate of drug-likeness (QED) is 0.618. The van der Waals surface area contributed by atoms with E-state index >= 15 is 0 Å². The van der Waals surface area contributed by atoms with Crippen LogP contribution in [0, 0.1) is 6.92 Å². The van der Waals surface area contributed by atoms with Crippen molar-refractivity contribution in [1.29, 1.82) is 0 Å². The van der Waals surface area contributed by atoms with Crippen LogP contribution in [-0.2, 0) is 0 Å². The van der Waals surface area contributed by atoms with Gasteiger partial charge < -0.3 is 24.5 Å². The first-order valence-corrected chi connectivity index (χ1v) is 7.53. The molecule has 0 spiro atoms. The van der Waals surface area contributed by atoms with Crippen molar-refractivity contribution in [3.05, 3.63) is 49.8 Å². The highest BCUT2D eigenvalue weighted by Gasteiger charge is 2.22. The molecule has 7 nitrogen and oxygen atoms in total. The lowest BCUT2D eigenvalue weighted by molar-refractivity contribution is 0.262. The summed E-state index contributed by atoms with van der Waals surface area (Å²) in [5.74, 6) is -1.30. The summed E-state index contributed by atoms with van der Waals surface area (Å²) >= 11 is 0. The largest absolute Gasteiger partial charge is 0.489 e. The van der Waals surface area contributed by atoms with Crippen molar-refractivity contribution in [1.82, 2.24) is 0 Å². The summed E-state index contributed by atoms with van der Waals surface area (Å²) in [5.41, 5.74) is 0.116. The van der Waals surface area contributed by atoms with Gasteiger partial charge in [-0.05, 0) is 37.1 Å². The highest BCUT2D eigenvalue weighted by Crippen LogP contribution is 2.39. The predicted octanol–water partition coefficient (Wildman–Crippen LogP) is 1.78. The minimum Gasteiger partial charge on any atom is -0.489 e. The predicted molar refractivity (Wildman–Crippen MR) is 91.9 cm³/mol. The molecular formula is C18H16O7. The van der Waals surface area contributed by atoms with Crippen LogP contribution in [-0.4, -0.2) is 28.5 Å². The highest BCUT2D eigenvalue weighted by atomic mass is 16.5. The smallest absolute Gasteiger partial charge is 0.296 e. The monoisotopic (exact) mass is 344 g/mol. The van der Waals surface area contributed by atoms with Crippen molar-refractivity contribution < 1.29 is 24.5 Å². The number of rotatable bonds is 4. The third-order valence-corrected chi connectivity index (χ3v) is 4.03. The van der Waals surface area contributed by atoms with Gasteiger partial charge in [0.25, 0.3) is 11.9 Å². The van der Waals surface area contributed by atoms with Gasteiger partial charge in [0.1, 0.15) is 23.1 Å². The Hall–Kier alpha value is -3.06. The summed E-state index contributed by atoms with van der Waals surface area (Å²) in [6, 6.07) is 2.50. The third-order valence-electron chi connectivity index (χ3n) is 4.03. The van der Waals surface area contributed by atoms with E-state index in [1.54, 1.807) is 19.9 Å². The topological polar surface area (TPSA) is 117 Å². The number of ether oxygens (including phenoxy) is 1. The van der Waals surface area contributed by atoms with Gasteiger partial charge in [0, 0.05) is 16.8 Å². The van der Waals surface area contributed by atoms with Crippen LogP contribution >= 0.6 is 0 Å². The normalized spacial score (nSPS) is 12.2. The van der Waals surface area contributed by atoms with Crippen LogP contribution < -0.4 is 15.6 Å². The van der Waals surface area contributed by atoms with E-state index in [0.29, 0.717) is 16.5 Å². The van der Waals surface area contributed by atoms with Crippen LogP contribution in [0.15, 0.2) is 37.8 Å². The number of aryl methyl sites for hydroxylation is 1. The zero-order chi connectivity index (χ0) is 18.3. The molecule has 0 amide bonds. The molecule has 1 heterocycles. The number of aliphatic hydroxyl groups is 1.